The van der Waals surface area contributed by atoms with Crippen molar-refractivity contribution in [2.75, 3.05) is 23.7 Å². The number of rotatable bonds is 2. The summed E-state index contributed by atoms with van der Waals surface area (Å²) in [5, 5.41) is 0. The molecule has 1 aromatic carbocycles. The van der Waals surface area contributed by atoms with Crippen LogP contribution in [0.5, 0.6) is 0 Å². The van der Waals surface area contributed by atoms with Gasteiger partial charge in [0.2, 0.25) is 5.91 Å². The average molecular weight is 273 g/mol. The molecule has 1 aromatic rings. The summed E-state index contributed by atoms with van der Waals surface area (Å²) in [5.41, 5.74) is 14.3. The van der Waals surface area contributed by atoms with Crippen molar-refractivity contribution in [2.45, 2.75) is 38.5 Å². The molecule has 4 heteroatoms. The minimum absolute atomic E-state index is 0.393. The number of piperidine rings is 1. The van der Waals surface area contributed by atoms with Crippen molar-refractivity contribution < 1.29 is 4.79 Å². The van der Waals surface area contributed by atoms with E-state index in [4.69, 9.17) is 11.5 Å². The highest BCUT2D eigenvalue weighted by Crippen LogP contribution is 2.47. The molecule has 1 spiro atoms. The van der Waals surface area contributed by atoms with Gasteiger partial charge in [-0.15, -0.1) is 0 Å². The van der Waals surface area contributed by atoms with E-state index in [0.29, 0.717) is 11.0 Å². The second kappa shape index (κ2) is 5.00. The highest BCUT2D eigenvalue weighted by molar-refractivity contribution is 5.95. The minimum atomic E-state index is -0.393. The molecule has 2 fully saturated rings. The highest BCUT2D eigenvalue weighted by atomic mass is 16.1. The van der Waals surface area contributed by atoms with Gasteiger partial charge in [-0.3, -0.25) is 4.79 Å². The maximum Gasteiger partial charge on any atom is 0.248 e. The van der Waals surface area contributed by atoms with E-state index in [1.165, 1.54) is 38.5 Å². The lowest BCUT2D eigenvalue weighted by Gasteiger charge is -2.41. The van der Waals surface area contributed by atoms with E-state index in [1.807, 2.05) is 6.07 Å². The Balaban J connectivity index is 1.77. The second-order valence-electron chi connectivity index (χ2n) is 6.33. The van der Waals surface area contributed by atoms with Gasteiger partial charge < -0.3 is 16.4 Å². The number of nitrogen functional groups attached to an aromatic ring is 1. The van der Waals surface area contributed by atoms with Crippen molar-refractivity contribution in [3.8, 4) is 0 Å². The van der Waals surface area contributed by atoms with Gasteiger partial charge in [-0.25, -0.2) is 0 Å². The van der Waals surface area contributed by atoms with Gasteiger partial charge in [0.05, 0.1) is 11.4 Å². The van der Waals surface area contributed by atoms with Crippen LogP contribution in [0.15, 0.2) is 18.2 Å². The van der Waals surface area contributed by atoms with Crippen LogP contribution in [-0.2, 0) is 0 Å². The molecule has 0 bridgehead atoms. The highest BCUT2D eigenvalue weighted by Gasteiger charge is 2.37. The van der Waals surface area contributed by atoms with Crippen LogP contribution in [0.25, 0.3) is 0 Å². The molecule has 1 aliphatic carbocycles. The zero-order valence-electron chi connectivity index (χ0n) is 11.9. The van der Waals surface area contributed by atoms with Crippen LogP contribution in [0, 0.1) is 5.41 Å². The molecule has 4 N–H and O–H groups in total. The number of carbonyl (C=O) groups is 1. The summed E-state index contributed by atoms with van der Waals surface area (Å²) in [6, 6.07) is 5.32. The Morgan fingerprint density at radius 3 is 2.35 bits per heavy atom. The van der Waals surface area contributed by atoms with E-state index in [9.17, 15) is 4.79 Å². The zero-order chi connectivity index (χ0) is 14.2. The van der Waals surface area contributed by atoms with Crippen LogP contribution in [0.3, 0.4) is 0 Å². The fraction of sp³-hybridized carbons (Fsp3) is 0.562. The Hall–Kier alpha value is -1.71. The van der Waals surface area contributed by atoms with E-state index < -0.39 is 5.91 Å². The fourth-order valence-electron chi connectivity index (χ4n) is 3.82. The second-order valence-corrected chi connectivity index (χ2v) is 6.33. The molecular weight excluding hydrogens is 250 g/mol. The SMILES string of the molecule is NC(=O)c1ccc(N)c(N2CCC3(CCCC3)CC2)c1. The third-order valence-electron chi connectivity index (χ3n) is 5.14. The topological polar surface area (TPSA) is 72.3 Å². The molecule has 1 aliphatic heterocycles. The first-order valence-corrected chi connectivity index (χ1v) is 7.54. The molecule has 1 saturated heterocycles. The largest absolute Gasteiger partial charge is 0.397 e. The number of carbonyl (C=O) groups excluding carboxylic acids is 1. The van der Waals surface area contributed by atoms with Gasteiger partial charge in [-0.1, -0.05) is 12.8 Å². The molecule has 1 saturated carbocycles. The monoisotopic (exact) mass is 273 g/mol. The van der Waals surface area contributed by atoms with E-state index in [-0.39, 0.29) is 0 Å². The molecule has 0 unspecified atom stereocenters. The molecule has 2 aliphatic rings. The number of amides is 1. The summed E-state index contributed by atoms with van der Waals surface area (Å²) < 4.78 is 0. The maximum absolute atomic E-state index is 11.3. The summed E-state index contributed by atoms with van der Waals surface area (Å²) in [4.78, 5) is 13.6. The van der Waals surface area contributed by atoms with Gasteiger partial charge in [0.1, 0.15) is 0 Å². The number of nitrogens with zero attached hydrogens (tertiary/aromatic N) is 1. The third kappa shape index (κ3) is 2.35. The molecule has 20 heavy (non-hydrogen) atoms. The smallest absolute Gasteiger partial charge is 0.248 e. The lowest BCUT2D eigenvalue weighted by atomic mass is 9.77. The molecule has 4 nitrogen and oxygen atoms in total. The Labute approximate surface area is 120 Å². The van der Waals surface area contributed by atoms with E-state index in [0.717, 1.165) is 24.5 Å². The van der Waals surface area contributed by atoms with Gasteiger partial charge in [0.15, 0.2) is 0 Å². The van der Waals surface area contributed by atoms with Crippen LogP contribution < -0.4 is 16.4 Å². The first kappa shape index (κ1) is 13.3. The maximum atomic E-state index is 11.3. The van der Waals surface area contributed by atoms with E-state index in [2.05, 4.69) is 4.90 Å². The summed E-state index contributed by atoms with van der Waals surface area (Å²) in [5.74, 6) is -0.393. The van der Waals surface area contributed by atoms with Crippen LogP contribution >= 0.6 is 0 Å². The minimum Gasteiger partial charge on any atom is -0.397 e. The number of nitrogens with two attached hydrogens (primary N) is 2. The van der Waals surface area contributed by atoms with Gasteiger partial charge in [-0.2, -0.15) is 0 Å². The lowest BCUT2D eigenvalue weighted by Crippen LogP contribution is -2.39. The quantitative estimate of drug-likeness (QED) is 0.813. The van der Waals surface area contributed by atoms with Crippen LogP contribution in [0.4, 0.5) is 11.4 Å². The predicted molar refractivity (Wildman–Crippen MR) is 81.7 cm³/mol. The first-order chi connectivity index (χ1) is 9.60. The molecular formula is C16H23N3O. The van der Waals surface area contributed by atoms with Gasteiger partial charge in [0, 0.05) is 18.7 Å². The van der Waals surface area contributed by atoms with E-state index in [1.54, 1.807) is 12.1 Å². The standard InChI is InChI=1S/C16H23N3O/c17-13-4-3-12(15(18)20)11-14(13)19-9-7-16(8-10-19)5-1-2-6-16/h3-4,11H,1-2,5-10,17H2,(H2,18,20). The fourth-order valence-corrected chi connectivity index (χ4v) is 3.82. The summed E-state index contributed by atoms with van der Waals surface area (Å²) in [6.45, 7) is 2.07. The Morgan fingerprint density at radius 1 is 1.10 bits per heavy atom. The Kier molecular flexibility index (Phi) is 3.32. The van der Waals surface area contributed by atoms with Crippen molar-refractivity contribution >= 4 is 17.3 Å². The van der Waals surface area contributed by atoms with Crippen LogP contribution in [0.2, 0.25) is 0 Å². The molecule has 0 atom stereocenters. The van der Waals surface area contributed by atoms with Crippen molar-refractivity contribution in [3.05, 3.63) is 23.8 Å². The Morgan fingerprint density at radius 2 is 1.75 bits per heavy atom. The van der Waals surface area contributed by atoms with Gasteiger partial charge >= 0.3 is 0 Å². The molecule has 108 valence electrons. The molecule has 0 radical (unpaired) electrons. The molecule has 1 heterocycles. The van der Waals surface area contributed by atoms with Crippen LogP contribution in [0.1, 0.15) is 48.9 Å². The number of hydrogen-bond donors (Lipinski definition) is 2. The number of primary amides is 1. The first-order valence-electron chi connectivity index (χ1n) is 7.54. The average Bonchev–Trinajstić information content (AvgIpc) is 2.89. The summed E-state index contributed by atoms with van der Waals surface area (Å²) in [6.07, 6.45) is 8.04. The zero-order valence-corrected chi connectivity index (χ0v) is 11.9. The van der Waals surface area contributed by atoms with Gasteiger partial charge in [0.25, 0.3) is 0 Å². The Bertz CT molecular complexity index is 510. The molecule has 3 rings (SSSR count). The van der Waals surface area contributed by atoms with E-state index >= 15 is 0 Å². The molecule has 0 aromatic heterocycles. The number of benzene rings is 1. The van der Waals surface area contributed by atoms with Crippen molar-refractivity contribution in [2.24, 2.45) is 11.1 Å². The van der Waals surface area contributed by atoms with Crippen LogP contribution in [-0.4, -0.2) is 19.0 Å². The van der Waals surface area contributed by atoms with Crippen molar-refractivity contribution in [3.63, 3.8) is 0 Å². The summed E-state index contributed by atoms with van der Waals surface area (Å²) >= 11 is 0. The van der Waals surface area contributed by atoms with Crippen molar-refractivity contribution in [1.29, 1.82) is 0 Å². The van der Waals surface area contributed by atoms with Crippen molar-refractivity contribution in [1.82, 2.24) is 0 Å². The summed E-state index contributed by atoms with van der Waals surface area (Å²) in [7, 11) is 0. The number of hydrogen-bond acceptors (Lipinski definition) is 3. The predicted octanol–water partition coefficient (Wildman–Crippen LogP) is 2.53. The number of anilines is 2. The molecule has 1 amide bonds. The lowest BCUT2D eigenvalue weighted by molar-refractivity contribution is 0.100. The normalized spacial score (nSPS) is 21.3. The van der Waals surface area contributed by atoms with Gasteiger partial charge in [-0.05, 0) is 49.3 Å². The third-order valence-corrected chi connectivity index (χ3v) is 5.14.